The van der Waals surface area contributed by atoms with Gasteiger partial charge in [-0.3, -0.25) is 4.79 Å². The fourth-order valence-electron chi connectivity index (χ4n) is 4.33. The van der Waals surface area contributed by atoms with Crippen LogP contribution in [0, 0.1) is 13.8 Å². The molecular formula is C30H30ClN3O3S. The number of anilines is 1. The lowest BCUT2D eigenvalue weighted by Crippen LogP contribution is -2.42. The van der Waals surface area contributed by atoms with Crippen molar-refractivity contribution in [2.75, 3.05) is 5.32 Å². The SMILES string of the molecule is CCc1cc(Cl)cc(C)c1C(=O)NC(Cc1ccc(-c2cc(CNc3cc(C)ccn3)cs2)cc1)C(=O)O. The van der Waals surface area contributed by atoms with Gasteiger partial charge in [0.2, 0.25) is 0 Å². The van der Waals surface area contributed by atoms with Crippen LogP contribution < -0.4 is 10.6 Å². The van der Waals surface area contributed by atoms with Gasteiger partial charge in [0.25, 0.3) is 5.91 Å². The minimum Gasteiger partial charge on any atom is -0.480 e. The van der Waals surface area contributed by atoms with Crippen LogP contribution in [0.5, 0.6) is 0 Å². The summed E-state index contributed by atoms with van der Waals surface area (Å²) in [5.74, 6) is -0.634. The molecule has 4 rings (SSSR count). The summed E-state index contributed by atoms with van der Waals surface area (Å²) in [7, 11) is 0. The summed E-state index contributed by atoms with van der Waals surface area (Å²) in [6.45, 7) is 6.46. The van der Waals surface area contributed by atoms with E-state index in [1.807, 2.05) is 50.2 Å². The lowest BCUT2D eigenvalue weighted by Gasteiger charge is -2.18. The Bertz CT molecular complexity index is 1450. The van der Waals surface area contributed by atoms with Crippen LogP contribution in [0.25, 0.3) is 10.4 Å². The van der Waals surface area contributed by atoms with E-state index in [4.69, 9.17) is 11.6 Å². The third-order valence-electron chi connectivity index (χ3n) is 6.31. The van der Waals surface area contributed by atoms with Crippen molar-refractivity contribution in [3.63, 3.8) is 0 Å². The quantitative estimate of drug-likeness (QED) is 0.206. The maximum Gasteiger partial charge on any atom is 0.326 e. The van der Waals surface area contributed by atoms with E-state index in [9.17, 15) is 14.7 Å². The molecule has 0 aliphatic carbocycles. The average molecular weight is 548 g/mol. The summed E-state index contributed by atoms with van der Waals surface area (Å²) in [5.41, 5.74) is 6.20. The van der Waals surface area contributed by atoms with Gasteiger partial charge in [-0.15, -0.1) is 11.3 Å². The number of aromatic nitrogens is 1. The summed E-state index contributed by atoms with van der Waals surface area (Å²) >= 11 is 7.80. The first-order chi connectivity index (χ1) is 18.2. The Morgan fingerprint density at radius 2 is 1.82 bits per heavy atom. The zero-order chi connectivity index (χ0) is 27.2. The first-order valence-electron chi connectivity index (χ1n) is 12.4. The Morgan fingerprint density at radius 3 is 2.50 bits per heavy atom. The molecule has 1 atom stereocenters. The van der Waals surface area contributed by atoms with E-state index < -0.39 is 17.9 Å². The van der Waals surface area contributed by atoms with Crippen molar-refractivity contribution < 1.29 is 14.7 Å². The van der Waals surface area contributed by atoms with Crippen LogP contribution in [-0.2, 0) is 24.2 Å². The van der Waals surface area contributed by atoms with E-state index in [0.29, 0.717) is 23.6 Å². The number of hydrogen-bond acceptors (Lipinski definition) is 5. The molecule has 1 unspecified atom stereocenters. The Labute approximate surface area is 231 Å². The van der Waals surface area contributed by atoms with E-state index in [-0.39, 0.29) is 6.42 Å². The number of carbonyl (C=O) groups excluding carboxylic acids is 1. The van der Waals surface area contributed by atoms with Gasteiger partial charge in [-0.1, -0.05) is 42.8 Å². The van der Waals surface area contributed by atoms with Crippen molar-refractivity contribution in [2.45, 2.75) is 46.2 Å². The highest BCUT2D eigenvalue weighted by Gasteiger charge is 2.23. The molecule has 0 bridgehead atoms. The van der Waals surface area contributed by atoms with E-state index >= 15 is 0 Å². The summed E-state index contributed by atoms with van der Waals surface area (Å²) in [4.78, 5) is 30.5. The second-order valence-corrected chi connectivity index (χ2v) is 10.6. The smallest absolute Gasteiger partial charge is 0.326 e. The number of nitrogens with one attached hydrogen (secondary N) is 2. The van der Waals surface area contributed by atoms with Gasteiger partial charge in [-0.25, -0.2) is 9.78 Å². The number of amides is 1. The number of halogens is 1. The number of aliphatic carboxylic acids is 1. The molecule has 0 fully saturated rings. The van der Waals surface area contributed by atoms with E-state index in [0.717, 1.165) is 44.1 Å². The molecule has 6 nitrogen and oxygen atoms in total. The number of nitrogens with zero attached hydrogens (tertiary/aromatic N) is 1. The van der Waals surface area contributed by atoms with Gasteiger partial charge < -0.3 is 15.7 Å². The van der Waals surface area contributed by atoms with Crippen molar-refractivity contribution in [3.05, 3.63) is 105 Å². The average Bonchev–Trinajstić information content (AvgIpc) is 3.36. The minimum atomic E-state index is -1.08. The van der Waals surface area contributed by atoms with Crippen LogP contribution in [0.2, 0.25) is 5.02 Å². The molecule has 3 N–H and O–H groups in total. The molecule has 196 valence electrons. The maximum absolute atomic E-state index is 13.0. The van der Waals surface area contributed by atoms with E-state index in [1.165, 1.54) is 0 Å². The summed E-state index contributed by atoms with van der Waals surface area (Å²) in [5, 5.41) is 18.5. The van der Waals surface area contributed by atoms with Crippen LogP contribution in [0.1, 0.15) is 45.1 Å². The van der Waals surface area contributed by atoms with Crippen LogP contribution in [0.3, 0.4) is 0 Å². The Balaban J connectivity index is 1.41. The van der Waals surface area contributed by atoms with Crippen molar-refractivity contribution in [1.82, 2.24) is 10.3 Å². The van der Waals surface area contributed by atoms with Crippen LogP contribution >= 0.6 is 22.9 Å². The second-order valence-electron chi connectivity index (χ2n) is 9.27. The van der Waals surface area contributed by atoms with Crippen molar-refractivity contribution in [2.24, 2.45) is 0 Å². The molecule has 2 aromatic carbocycles. The standard InChI is InChI=1S/C30H30ClN3O3S/c1-4-22-15-24(31)12-19(3)28(22)29(35)34-25(30(36)37)13-20-5-7-23(8-6-20)26-14-21(17-38-26)16-33-27-11-18(2)9-10-32-27/h5-12,14-15,17,25H,4,13,16H2,1-3H3,(H,32,33)(H,34,35)(H,36,37). The number of pyridine rings is 1. The number of aryl methyl sites for hydroxylation is 3. The zero-order valence-electron chi connectivity index (χ0n) is 21.5. The maximum atomic E-state index is 13.0. The molecule has 8 heteroatoms. The number of benzene rings is 2. The summed E-state index contributed by atoms with van der Waals surface area (Å²) < 4.78 is 0. The highest BCUT2D eigenvalue weighted by molar-refractivity contribution is 7.13. The Morgan fingerprint density at radius 1 is 1.05 bits per heavy atom. The number of rotatable bonds is 10. The van der Waals surface area contributed by atoms with Gasteiger partial charge in [0, 0.05) is 34.6 Å². The first-order valence-corrected chi connectivity index (χ1v) is 13.6. The molecule has 0 saturated heterocycles. The number of carboxylic acids is 1. The molecule has 0 aliphatic rings. The molecule has 38 heavy (non-hydrogen) atoms. The van der Waals surface area contributed by atoms with Gasteiger partial charge in [-0.2, -0.15) is 0 Å². The van der Waals surface area contributed by atoms with Gasteiger partial charge in [0.1, 0.15) is 11.9 Å². The van der Waals surface area contributed by atoms with Gasteiger partial charge in [-0.05, 0) is 89.4 Å². The highest BCUT2D eigenvalue weighted by atomic mass is 35.5. The fraction of sp³-hybridized carbons (Fsp3) is 0.233. The first kappa shape index (κ1) is 27.4. The minimum absolute atomic E-state index is 0.179. The molecular weight excluding hydrogens is 518 g/mol. The predicted molar refractivity (Wildman–Crippen MR) is 154 cm³/mol. The molecule has 0 radical (unpaired) electrons. The highest BCUT2D eigenvalue weighted by Crippen LogP contribution is 2.28. The van der Waals surface area contributed by atoms with E-state index in [2.05, 4.69) is 27.1 Å². The molecule has 0 saturated carbocycles. The normalized spacial score (nSPS) is 11.7. The topological polar surface area (TPSA) is 91.3 Å². The largest absolute Gasteiger partial charge is 0.480 e. The zero-order valence-corrected chi connectivity index (χ0v) is 23.1. The van der Waals surface area contributed by atoms with Crippen LogP contribution in [0.15, 0.2) is 66.2 Å². The predicted octanol–water partition coefficient (Wildman–Crippen LogP) is 6.68. The van der Waals surface area contributed by atoms with Gasteiger partial charge in [0.15, 0.2) is 0 Å². The lowest BCUT2D eigenvalue weighted by molar-refractivity contribution is -0.139. The molecule has 2 heterocycles. The van der Waals surface area contributed by atoms with Crippen LogP contribution in [-0.4, -0.2) is 28.0 Å². The number of hydrogen-bond donors (Lipinski definition) is 3. The van der Waals surface area contributed by atoms with Gasteiger partial charge in [0.05, 0.1) is 0 Å². The third kappa shape index (κ3) is 6.79. The lowest BCUT2D eigenvalue weighted by atomic mass is 9.98. The number of carboxylic acid groups (broad SMARTS) is 1. The molecule has 1 amide bonds. The molecule has 4 aromatic rings. The van der Waals surface area contributed by atoms with Gasteiger partial charge >= 0.3 is 5.97 Å². The second kappa shape index (κ2) is 12.2. The Hall–Kier alpha value is -3.68. The summed E-state index contributed by atoms with van der Waals surface area (Å²) in [6, 6.07) is 16.3. The van der Waals surface area contributed by atoms with Crippen molar-refractivity contribution >= 4 is 40.6 Å². The monoisotopic (exact) mass is 547 g/mol. The molecule has 0 spiro atoms. The van der Waals surface area contributed by atoms with E-state index in [1.54, 1.807) is 36.6 Å². The third-order valence-corrected chi connectivity index (χ3v) is 7.56. The fourth-order valence-corrected chi connectivity index (χ4v) is 5.55. The molecule has 2 aromatic heterocycles. The summed E-state index contributed by atoms with van der Waals surface area (Å²) in [6.07, 6.45) is 2.59. The van der Waals surface area contributed by atoms with Crippen LogP contribution in [0.4, 0.5) is 5.82 Å². The van der Waals surface area contributed by atoms with Crippen molar-refractivity contribution in [1.29, 1.82) is 0 Å². The Kier molecular flexibility index (Phi) is 8.81. The number of thiophene rings is 1. The van der Waals surface area contributed by atoms with Crippen molar-refractivity contribution in [3.8, 4) is 10.4 Å². The molecule has 0 aliphatic heterocycles. The number of carbonyl (C=O) groups is 2.